The first kappa shape index (κ1) is 15.8. The van der Waals surface area contributed by atoms with E-state index in [1.165, 1.54) is 0 Å². The van der Waals surface area contributed by atoms with Crippen molar-refractivity contribution in [2.45, 2.75) is 0 Å². The molecule has 0 aromatic carbocycles. The minimum atomic E-state index is -1.26. The van der Waals surface area contributed by atoms with Crippen LogP contribution in [0.3, 0.4) is 0 Å². The normalized spacial score (nSPS) is 7.60. The van der Waals surface area contributed by atoms with Crippen LogP contribution in [0.25, 0.3) is 0 Å². The zero-order valence-electron chi connectivity index (χ0n) is 4.87. The Balaban J connectivity index is -0.000000245. The van der Waals surface area contributed by atoms with Crippen LogP contribution in [0.2, 0.25) is 0 Å². The molecule has 6 nitrogen and oxygen atoms in total. The van der Waals surface area contributed by atoms with Gasteiger partial charge < -0.3 is 21.2 Å². The molecule has 0 aromatic heterocycles. The van der Waals surface area contributed by atoms with Gasteiger partial charge in [-0.2, -0.15) is 0 Å². The molecular weight excluding hydrogens is 144 g/mol. The fraction of sp³-hybridized carbons (Fsp3) is 0. The summed E-state index contributed by atoms with van der Waals surface area (Å²) in [6.45, 7) is 0. The number of rotatable bonds is 2. The molecule has 0 aromatic rings. The molecule has 0 fully saturated rings. The second kappa shape index (κ2) is 7.60. The van der Waals surface area contributed by atoms with Crippen molar-refractivity contribution >= 4 is 11.9 Å². The molecule has 0 aliphatic heterocycles. The van der Waals surface area contributed by atoms with Gasteiger partial charge in [0.25, 0.3) is 0 Å². The smallest absolute Gasteiger partial charge is 0.328 e. The largest absolute Gasteiger partial charge is 0.478 e. The maximum atomic E-state index is 9.55. The average molecular weight is 152 g/mol. The third-order valence-corrected chi connectivity index (χ3v) is 0.368. The molecule has 0 aliphatic carbocycles. The van der Waals surface area contributed by atoms with Crippen LogP contribution in [0.5, 0.6) is 0 Å². The molecule has 0 heterocycles. The van der Waals surface area contributed by atoms with E-state index >= 15 is 0 Å². The van der Waals surface area contributed by atoms with Crippen LogP contribution >= 0.6 is 0 Å². The van der Waals surface area contributed by atoms with E-state index in [-0.39, 0.29) is 11.0 Å². The SMILES string of the molecule is O.O.O=C(O)C=CC(=O)O. The first-order chi connectivity index (χ1) is 3.63. The number of carboxylic acid groups (broad SMARTS) is 2. The van der Waals surface area contributed by atoms with Crippen molar-refractivity contribution < 1.29 is 30.8 Å². The van der Waals surface area contributed by atoms with Gasteiger partial charge in [-0.05, 0) is 0 Å². The highest BCUT2D eigenvalue weighted by molar-refractivity contribution is 5.89. The highest BCUT2D eigenvalue weighted by atomic mass is 16.4. The van der Waals surface area contributed by atoms with Gasteiger partial charge in [-0.15, -0.1) is 0 Å². The molecule has 6 N–H and O–H groups in total. The van der Waals surface area contributed by atoms with Gasteiger partial charge in [0.05, 0.1) is 0 Å². The Hall–Kier alpha value is -1.40. The lowest BCUT2D eigenvalue weighted by Crippen LogP contribution is -1.91. The quantitative estimate of drug-likeness (QED) is 0.444. The van der Waals surface area contributed by atoms with Gasteiger partial charge >= 0.3 is 11.9 Å². The standard InChI is InChI=1S/C4H4O4.2H2O/c5-3(6)1-2-4(7)8;;/h1-2H,(H,5,6)(H,7,8);2*1H2. The number of hydrogen-bond acceptors (Lipinski definition) is 2. The highest BCUT2D eigenvalue weighted by Gasteiger charge is 1.88. The summed E-state index contributed by atoms with van der Waals surface area (Å²) in [5.74, 6) is -2.51. The van der Waals surface area contributed by atoms with Crippen LogP contribution in [0.4, 0.5) is 0 Å². The molecule has 0 amide bonds. The monoisotopic (exact) mass is 152 g/mol. The Bertz CT molecular complexity index is 121. The number of carboxylic acids is 2. The van der Waals surface area contributed by atoms with E-state index in [9.17, 15) is 9.59 Å². The minimum Gasteiger partial charge on any atom is -0.478 e. The fourth-order valence-corrected chi connectivity index (χ4v) is 0.143. The summed E-state index contributed by atoms with van der Waals surface area (Å²) in [4.78, 5) is 19.1. The second-order valence-electron chi connectivity index (χ2n) is 1.01. The lowest BCUT2D eigenvalue weighted by Gasteiger charge is -1.74. The van der Waals surface area contributed by atoms with Crippen LogP contribution in [-0.4, -0.2) is 33.1 Å². The third-order valence-electron chi connectivity index (χ3n) is 0.368. The van der Waals surface area contributed by atoms with Gasteiger partial charge in [-0.1, -0.05) is 0 Å². The molecule has 0 rings (SSSR count). The van der Waals surface area contributed by atoms with Crippen LogP contribution in [0.1, 0.15) is 0 Å². The zero-order chi connectivity index (χ0) is 6.57. The van der Waals surface area contributed by atoms with E-state index in [0.29, 0.717) is 12.2 Å². The molecule has 0 aliphatic rings. The Labute approximate surface area is 56.0 Å². The van der Waals surface area contributed by atoms with Gasteiger partial charge in [0, 0.05) is 12.2 Å². The van der Waals surface area contributed by atoms with E-state index in [2.05, 4.69) is 0 Å². The Morgan fingerprint density at radius 2 is 1.10 bits per heavy atom. The number of aliphatic carboxylic acids is 2. The molecule has 0 bridgehead atoms. The van der Waals surface area contributed by atoms with Crippen LogP contribution < -0.4 is 0 Å². The second-order valence-corrected chi connectivity index (χ2v) is 1.01. The summed E-state index contributed by atoms with van der Waals surface area (Å²) in [6.07, 6.45) is 1.12. The predicted molar refractivity (Wildman–Crippen MR) is 31.6 cm³/mol. The topological polar surface area (TPSA) is 138 Å². The Morgan fingerprint density at radius 3 is 1.20 bits per heavy atom. The molecule has 0 atom stereocenters. The molecule has 0 saturated carbocycles. The average Bonchev–Trinajstić information content (AvgIpc) is 1.61. The van der Waals surface area contributed by atoms with Crippen molar-refractivity contribution in [2.24, 2.45) is 0 Å². The molecule has 0 unspecified atom stereocenters. The summed E-state index contributed by atoms with van der Waals surface area (Å²) in [7, 11) is 0. The zero-order valence-corrected chi connectivity index (χ0v) is 4.87. The Morgan fingerprint density at radius 1 is 0.900 bits per heavy atom. The summed E-state index contributed by atoms with van der Waals surface area (Å²) in [5.41, 5.74) is 0. The maximum absolute atomic E-state index is 9.55. The molecular formula is C4H8O6. The van der Waals surface area contributed by atoms with Crippen LogP contribution in [0.15, 0.2) is 12.2 Å². The minimum absolute atomic E-state index is 0. The number of hydrogen-bond donors (Lipinski definition) is 2. The lowest BCUT2D eigenvalue weighted by atomic mass is 10.5. The molecule has 0 radical (unpaired) electrons. The maximum Gasteiger partial charge on any atom is 0.328 e. The van der Waals surface area contributed by atoms with E-state index in [0.717, 1.165) is 0 Å². The summed E-state index contributed by atoms with van der Waals surface area (Å²) in [5, 5.41) is 15.6. The molecule has 10 heavy (non-hydrogen) atoms. The van der Waals surface area contributed by atoms with E-state index in [4.69, 9.17) is 10.2 Å². The van der Waals surface area contributed by atoms with Crippen molar-refractivity contribution in [3.8, 4) is 0 Å². The lowest BCUT2D eigenvalue weighted by molar-refractivity contribution is -0.134. The molecule has 0 saturated heterocycles. The summed E-state index contributed by atoms with van der Waals surface area (Å²) >= 11 is 0. The van der Waals surface area contributed by atoms with Crippen LogP contribution in [0, 0.1) is 0 Å². The molecule has 6 heteroatoms. The van der Waals surface area contributed by atoms with E-state index < -0.39 is 11.9 Å². The van der Waals surface area contributed by atoms with E-state index in [1.54, 1.807) is 0 Å². The van der Waals surface area contributed by atoms with E-state index in [1.807, 2.05) is 0 Å². The van der Waals surface area contributed by atoms with Crippen molar-refractivity contribution in [3.63, 3.8) is 0 Å². The fourth-order valence-electron chi connectivity index (χ4n) is 0.143. The first-order valence-electron chi connectivity index (χ1n) is 1.77. The van der Waals surface area contributed by atoms with Gasteiger partial charge in [0.15, 0.2) is 0 Å². The first-order valence-corrected chi connectivity index (χ1v) is 1.77. The van der Waals surface area contributed by atoms with Gasteiger partial charge in [0.1, 0.15) is 0 Å². The van der Waals surface area contributed by atoms with Gasteiger partial charge in [-0.3, -0.25) is 0 Å². The Kier molecular flexibility index (Phi) is 12.0. The van der Waals surface area contributed by atoms with Crippen molar-refractivity contribution in [2.75, 3.05) is 0 Å². The number of carbonyl (C=O) groups is 2. The molecule has 60 valence electrons. The predicted octanol–water partition coefficient (Wildman–Crippen LogP) is -1.94. The van der Waals surface area contributed by atoms with Crippen molar-refractivity contribution in [3.05, 3.63) is 12.2 Å². The summed E-state index contributed by atoms with van der Waals surface area (Å²) < 4.78 is 0. The van der Waals surface area contributed by atoms with Crippen molar-refractivity contribution in [1.29, 1.82) is 0 Å². The van der Waals surface area contributed by atoms with Crippen molar-refractivity contribution in [1.82, 2.24) is 0 Å². The van der Waals surface area contributed by atoms with Gasteiger partial charge in [-0.25, -0.2) is 9.59 Å². The third kappa shape index (κ3) is 16.0. The van der Waals surface area contributed by atoms with Gasteiger partial charge in [0.2, 0.25) is 0 Å². The summed E-state index contributed by atoms with van der Waals surface area (Å²) in [6, 6.07) is 0. The highest BCUT2D eigenvalue weighted by Crippen LogP contribution is 1.70. The molecule has 0 spiro atoms. The van der Waals surface area contributed by atoms with Crippen LogP contribution in [-0.2, 0) is 9.59 Å².